The molecule has 1 aromatic rings. The third kappa shape index (κ3) is 3.74. The number of hydrogen-bond donors (Lipinski definition) is 0. The van der Waals surface area contributed by atoms with Crippen LogP contribution in [0.3, 0.4) is 0 Å². The number of carbonyl (C=O) groups excluding carboxylic acids is 3. The summed E-state index contributed by atoms with van der Waals surface area (Å²) in [6.45, 7) is 13.1. The summed E-state index contributed by atoms with van der Waals surface area (Å²) in [5, 5.41) is 0. The molecule has 31 heavy (non-hydrogen) atoms. The molecule has 0 aliphatic heterocycles. The van der Waals surface area contributed by atoms with Gasteiger partial charge in [-0.2, -0.15) is 0 Å². The first kappa shape index (κ1) is 23.3. The van der Waals surface area contributed by atoms with Gasteiger partial charge in [0.2, 0.25) is 0 Å². The molecule has 6 heteroatoms. The van der Waals surface area contributed by atoms with Gasteiger partial charge < -0.3 is 14.2 Å². The van der Waals surface area contributed by atoms with E-state index in [0.29, 0.717) is 36.3 Å². The molecule has 0 bridgehead atoms. The topological polar surface area (TPSA) is 78.9 Å². The van der Waals surface area contributed by atoms with E-state index in [-0.39, 0.29) is 29.7 Å². The number of ether oxygens (including phenoxy) is 3. The Morgan fingerprint density at radius 3 is 2.26 bits per heavy atom. The van der Waals surface area contributed by atoms with E-state index in [2.05, 4.69) is 20.8 Å². The van der Waals surface area contributed by atoms with Crippen LogP contribution in [0.1, 0.15) is 95.1 Å². The van der Waals surface area contributed by atoms with Gasteiger partial charge >= 0.3 is 11.9 Å². The maximum atomic E-state index is 13.4. The zero-order chi connectivity index (χ0) is 23.3. The van der Waals surface area contributed by atoms with Gasteiger partial charge in [0.15, 0.2) is 17.3 Å². The van der Waals surface area contributed by atoms with Crippen molar-refractivity contribution in [3.8, 4) is 11.5 Å². The molecule has 0 amide bonds. The molecule has 3 atom stereocenters. The van der Waals surface area contributed by atoms with Gasteiger partial charge in [0.05, 0.1) is 7.11 Å². The van der Waals surface area contributed by atoms with Gasteiger partial charge in [0, 0.05) is 47.8 Å². The second-order valence-corrected chi connectivity index (χ2v) is 10.1. The predicted molar refractivity (Wildman–Crippen MR) is 117 cm³/mol. The van der Waals surface area contributed by atoms with Gasteiger partial charge in [-0.05, 0) is 30.7 Å². The summed E-state index contributed by atoms with van der Waals surface area (Å²) in [7, 11) is 1.56. The molecule has 0 aromatic heterocycles. The molecular weight excluding hydrogens is 396 g/mol. The smallest absolute Gasteiger partial charge is 0.308 e. The first-order valence-electron chi connectivity index (χ1n) is 11.0. The SMILES string of the molecule is COc1c(C(C)C)cc2c(c1OC(C)=O)C1(C)CCC(OC(C)=O)C(C)(C)C1CC2=O. The van der Waals surface area contributed by atoms with Gasteiger partial charge in [0.25, 0.3) is 0 Å². The molecule has 0 spiro atoms. The monoisotopic (exact) mass is 430 g/mol. The van der Waals surface area contributed by atoms with Crippen molar-refractivity contribution in [3.63, 3.8) is 0 Å². The van der Waals surface area contributed by atoms with Crippen LogP contribution in [0.15, 0.2) is 6.07 Å². The lowest BCUT2D eigenvalue weighted by atomic mass is 9.49. The Morgan fingerprint density at radius 2 is 1.74 bits per heavy atom. The van der Waals surface area contributed by atoms with Crippen LogP contribution in [0.2, 0.25) is 0 Å². The maximum Gasteiger partial charge on any atom is 0.308 e. The average molecular weight is 431 g/mol. The molecular formula is C25H34O6. The molecule has 2 aliphatic rings. The quantitative estimate of drug-likeness (QED) is 0.496. The number of ketones is 1. The fourth-order valence-corrected chi connectivity index (χ4v) is 5.84. The Balaban J connectivity index is 2.28. The average Bonchev–Trinajstić information content (AvgIpc) is 2.65. The van der Waals surface area contributed by atoms with Crippen LogP contribution in [0.4, 0.5) is 0 Å². The first-order chi connectivity index (χ1) is 14.3. The number of benzene rings is 1. The normalized spacial score (nSPS) is 26.7. The maximum absolute atomic E-state index is 13.4. The van der Waals surface area contributed by atoms with Crippen LogP contribution in [0.25, 0.3) is 0 Å². The van der Waals surface area contributed by atoms with E-state index in [9.17, 15) is 14.4 Å². The summed E-state index contributed by atoms with van der Waals surface area (Å²) in [6.07, 6.45) is 1.46. The number of fused-ring (bicyclic) bond motifs is 3. The molecule has 0 saturated heterocycles. The van der Waals surface area contributed by atoms with Crippen molar-refractivity contribution in [2.45, 2.75) is 85.2 Å². The number of esters is 2. The Labute approximate surface area is 184 Å². The molecule has 1 fully saturated rings. The van der Waals surface area contributed by atoms with Gasteiger partial charge in [0.1, 0.15) is 6.10 Å². The Hall–Kier alpha value is -2.37. The first-order valence-corrected chi connectivity index (χ1v) is 11.0. The fraction of sp³-hybridized carbons (Fsp3) is 0.640. The van der Waals surface area contributed by atoms with Crippen molar-refractivity contribution in [3.05, 3.63) is 22.8 Å². The van der Waals surface area contributed by atoms with Crippen molar-refractivity contribution < 1.29 is 28.6 Å². The van der Waals surface area contributed by atoms with Crippen molar-refractivity contribution in [2.24, 2.45) is 11.3 Å². The number of methoxy groups -OCH3 is 1. The molecule has 170 valence electrons. The van der Waals surface area contributed by atoms with Gasteiger partial charge in [-0.3, -0.25) is 14.4 Å². The van der Waals surface area contributed by atoms with Crippen LogP contribution >= 0.6 is 0 Å². The van der Waals surface area contributed by atoms with Crippen molar-refractivity contribution in [2.75, 3.05) is 7.11 Å². The molecule has 3 rings (SSSR count). The minimum Gasteiger partial charge on any atom is -0.493 e. The largest absolute Gasteiger partial charge is 0.493 e. The summed E-state index contributed by atoms with van der Waals surface area (Å²) in [6, 6.07) is 1.92. The van der Waals surface area contributed by atoms with Gasteiger partial charge in [-0.1, -0.05) is 34.6 Å². The lowest BCUT2D eigenvalue weighted by molar-refractivity contribution is -0.163. The molecule has 0 N–H and O–H groups in total. The van der Waals surface area contributed by atoms with Gasteiger partial charge in [-0.15, -0.1) is 0 Å². The third-order valence-electron chi connectivity index (χ3n) is 7.33. The molecule has 2 aliphatic carbocycles. The summed E-state index contributed by atoms with van der Waals surface area (Å²) in [5.41, 5.74) is 1.35. The van der Waals surface area contributed by atoms with E-state index in [1.165, 1.54) is 13.8 Å². The lowest BCUT2D eigenvalue weighted by Gasteiger charge is -2.56. The molecule has 0 radical (unpaired) electrons. The van der Waals surface area contributed by atoms with E-state index >= 15 is 0 Å². The minimum atomic E-state index is -0.451. The van der Waals surface area contributed by atoms with E-state index in [1.807, 2.05) is 19.9 Å². The highest BCUT2D eigenvalue weighted by atomic mass is 16.6. The van der Waals surface area contributed by atoms with Crippen LogP contribution in [0.5, 0.6) is 11.5 Å². The standard InChI is InChI=1S/C25H34O6/c1-13(2)16-11-17-18(28)12-19-24(5,6)20(30-14(3)26)9-10-25(19,7)21(17)23(22(16)29-8)31-15(4)27/h11,13,19-20H,9-10,12H2,1-8H3. The lowest BCUT2D eigenvalue weighted by Crippen LogP contribution is -2.56. The summed E-state index contributed by atoms with van der Waals surface area (Å²) >= 11 is 0. The minimum absolute atomic E-state index is 0.0204. The van der Waals surface area contributed by atoms with E-state index in [4.69, 9.17) is 14.2 Å². The molecule has 6 nitrogen and oxygen atoms in total. The Morgan fingerprint density at radius 1 is 1.10 bits per heavy atom. The highest BCUT2D eigenvalue weighted by molar-refractivity contribution is 6.01. The fourth-order valence-electron chi connectivity index (χ4n) is 5.84. The summed E-state index contributed by atoms with van der Waals surface area (Å²) in [5.74, 6) is 0.135. The van der Waals surface area contributed by atoms with Gasteiger partial charge in [-0.25, -0.2) is 0 Å². The summed E-state index contributed by atoms with van der Waals surface area (Å²) < 4.78 is 17.1. The highest BCUT2D eigenvalue weighted by Gasteiger charge is 2.58. The number of Topliss-reactive ketones (excluding diaryl/α,β-unsaturated/α-hetero) is 1. The van der Waals surface area contributed by atoms with Crippen molar-refractivity contribution in [1.29, 1.82) is 0 Å². The Bertz CT molecular complexity index is 928. The van der Waals surface area contributed by atoms with E-state index in [1.54, 1.807) is 7.11 Å². The van der Waals surface area contributed by atoms with Crippen LogP contribution in [0, 0.1) is 11.3 Å². The molecule has 1 saturated carbocycles. The zero-order valence-corrected chi connectivity index (χ0v) is 19.9. The second-order valence-electron chi connectivity index (χ2n) is 10.1. The number of hydrogen-bond acceptors (Lipinski definition) is 6. The molecule has 0 heterocycles. The second kappa shape index (κ2) is 7.95. The van der Waals surface area contributed by atoms with Crippen LogP contribution in [-0.4, -0.2) is 30.9 Å². The van der Waals surface area contributed by atoms with Crippen LogP contribution < -0.4 is 9.47 Å². The summed E-state index contributed by atoms with van der Waals surface area (Å²) in [4.78, 5) is 37.2. The van der Waals surface area contributed by atoms with Crippen molar-refractivity contribution in [1.82, 2.24) is 0 Å². The van der Waals surface area contributed by atoms with Crippen molar-refractivity contribution >= 4 is 17.7 Å². The predicted octanol–water partition coefficient (Wildman–Crippen LogP) is 4.96. The number of carbonyl (C=O) groups is 3. The Kier molecular flexibility index (Phi) is 5.98. The number of rotatable bonds is 4. The molecule has 3 unspecified atom stereocenters. The van der Waals surface area contributed by atoms with Crippen LogP contribution in [-0.2, 0) is 19.7 Å². The van der Waals surface area contributed by atoms with E-state index < -0.39 is 16.8 Å². The molecule has 1 aromatic carbocycles. The zero-order valence-electron chi connectivity index (χ0n) is 19.9. The van der Waals surface area contributed by atoms with E-state index in [0.717, 1.165) is 11.1 Å². The highest BCUT2D eigenvalue weighted by Crippen LogP contribution is 2.61. The third-order valence-corrected chi connectivity index (χ3v) is 7.33.